The van der Waals surface area contributed by atoms with Gasteiger partial charge in [-0.1, -0.05) is 0 Å². The fraction of sp³-hybridized carbons (Fsp3) is 0.800. The molecule has 2 fully saturated rings. The Morgan fingerprint density at radius 1 is 0.700 bits per heavy atom. The zero-order valence-corrected chi connectivity index (χ0v) is 14.8. The minimum atomic E-state index is -0.865. The second-order valence-electron chi connectivity index (χ2n) is 4.88. The molecule has 0 aromatic heterocycles. The van der Waals surface area contributed by atoms with Gasteiger partial charge in [-0.05, 0) is 13.8 Å². The predicted molar refractivity (Wildman–Crippen MR) is 90.4 cm³/mol. The van der Waals surface area contributed by atoms with Crippen molar-refractivity contribution in [3.05, 3.63) is 0 Å². The molecule has 0 bridgehead atoms. The van der Waals surface area contributed by atoms with Crippen LogP contribution < -0.4 is 0 Å². The molecule has 2 rings (SSSR count). The van der Waals surface area contributed by atoms with Gasteiger partial charge in [0.25, 0.3) is 0 Å². The lowest BCUT2D eigenvalue weighted by Gasteiger charge is -2.44. The van der Waals surface area contributed by atoms with Crippen molar-refractivity contribution < 1.29 is 9.59 Å². The Morgan fingerprint density at radius 3 is 1.05 bits per heavy atom. The smallest absolute Gasteiger partial charge is 0.288 e. The Balaban J connectivity index is 2.67. The van der Waals surface area contributed by atoms with E-state index < -0.39 is 11.3 Å². The van der Waals surface area contributed by atoms with Crippen molar-refractivity contribution >= 4 is 62.6 Å². The van der Waals surface area contributed by atoms with Crippen LogP contribution in [0.3, 0.4) is 0 Å². The van der Waals surface area contributed by atoms with Gasteiger partial charge in [0.2, 0.25) is 0 Å². The van der Waals surface area contributed by atoms with Gasteiger partial charge in [0.05, 0.1) is 23.5 Å². The predicted octanol–water partition coefficient (Wildman–Crippen LogP) is 1.44. The van der Waals surface area contributed by atoms with E-state index in [2.05, 4.69) is 50.5 Å². The van der Waals surface area contributed by atoms with Gasteiger partial charge in [-0.2, -0.15) is 50.5 Å². The van der Waals surface area contributed by atoms with Crippen LogP contribution in [-0.2, 0) is 0 Å². The van der Waals surface area contributed by atoms with Gasteiger partial charge in [-0.15, -0.1) is 0 Å². The number of nitrogens with zero attached hydrogens (tertiary/aromatic N) is 4. The van der Waals surface area contributed by atoms with E-state index in [-0.39, 0.29) is 35.6 Å². The highest BCUT2D eigenvalue weighted by atomic mass is 32.1. The van der Waals surface area contributed by atoms with Crippen LogP contribution in [0.4, 0.5) is 9.59 Å². The Labute approximate surface area is 140 Å². The average molecular weight is 355 g/mol. The Bertz CT molecular complexity index is 381. The summed E-state index contributed by atoms with van der Waals surface area (Å²) in [7, 11) is 0. The third-order valence-corrected chi connectivity index (χ3v) is 5.62. The largest absolute Gasteiger partial charge is 0.325 e. The fourth-order valence-corrected chi connectivity index (χ4v) is 4.73. The van der Waals surface area contributed by atoms with Crippen LogP contribution in [-0.4, -0.2) is 66.5 Å². The maximum Gasteiger partial charge on any atom is 0.325 e. The minimum Gasteiger partial charge on any atom is -0.288 e. The van der Waals surface area contributed by atoms with Crippen LogP contribution in [0.1, 0.15) is 13.8 Å². The molecule has 0 aliphatic carbocycles. The molecule has 0 N–H and O–H groups in total. The molecule has 10 heteroatoms. The van der Waals surface area contributed by atoms with Gasteiger partial charge in [0, 0.05) is 0 Å². The molecule has 0 atom stereocenters. The summed E-state index contributed by atoms with van der Waals surface area (Å²) in [6.07, 6.45) is 0. The zero-order chi connectivity index (χ0) is 15.3. The van der Waals surface area contributed by atoms with Crippen molar-refractivity contribution in [2.24, 2.45) is 0 Å². The molecule has 2 aliphatic heterocycles. The number of carbonyl (C=O) groups is 2. The first kappa shape index (κ1) is 16.3. The molecule has 0 unspecified atom stereocenters. The molecule has 2 aliphatic rings. The Morgan fingerprint density at radius 2 is 0.900 bits per heavy atom. The third-order valence-electron chi connectivity index (χ3n) is 4.49. The molecule has 2 heterocycles. The van der Waals surface area contributed by atoms with Crippen LogP contribution in [0.2, 0.25) is 0 Å². The summed E-state index contributed by atoms with van der Waals surface area (Å²) in [5.41, 5.74) is -1.73. The lowest BCUT2D eigenvalue weighted by Crippen LogP contribution is -2.64. The number of amides is 4. The third kappa shape index (κ3) is 1.59. The van der Waals surface area contributed by atoms with E-state index in [1.54, 1.807) is 19.6 Å². The highest BCUT2D eigenvalue weighted by molar-refractivity contribution is 7.80. The molecule has 0 radical (unpaired) electrons. The summed E-state index contributed by atoms with van der Waals surface area (Å²) in [6, 6.07) is -0.405. The maximum absolute atomic E-state index is 12.6. The van der Waals surface area contributed by atoms with E-state index in [0.717, 1.165) is 0 Å². The molecular formula is C10H18N4O2S4. The van der Waals surface area contributed by atoms with Gasteiger partial charge in [0.15, 0.2) is 11.3 Å². The topological polar surface area (TPSA) is 47.1 Å². The van der Waals surface area contributed by atoms with Crippen LogP contribution in [0.5, 0.6) is 0 Å². The summed E-state index contributed by atoms with van der Waals surface area (Å²) >= 11 is 17.0. The second kappa shape index (κ2) is 5.29. The highest BCUT2D eigenvalue weighted by Gasteiger charge is 2.73. The molecule has 20 heavy (non-hydrogen) atoms. The van der Waals surface area contributed by atoms with Crippen molar-refractivity contribution in [2.45, 2.75) is 25.2 Å². The van der Waals surface area contributed by atoms with E-state index >= 15 is 0 Å². The normalized spacial score (nSPS) is 33.5. The Kier molecular flexibility index (Phi) is 4.32. The van der Waals surface area contributed by atoms with Crippen molar-refractivity contribution in [3.63, 3.8) is 0 Å². The first-order valence-corrected chi connectivity index (χ1v) is 8.51. The van der Waals surface area contributed by atoms with Gasteiger partial charge < -0.3 is 0 Å². The van der Waals surface area contributed by atoms with E-state index in [1.165, 1.54) is 0 Å². The van der Waals surface area contributed by atoms with Crippen LogP contribution in [0.25, 0.3) is 0 Å². The number of carbonyl (C=O) groups excluding carboxylic acids is 2. The van der Waals surface area contributed by atoms with Crippen LogP contribution in [0, 0.1) is 0 Å². The van der Waals surface area contributed by atoms with Crippen molar-refractivity contribution in [1.82, 2.24) is 19.6 Å². The number of fused-ring (bicyclic) bond motifs is 1. The number of rotatable bonds is 4. The summed E-state index contributed by atoms with van der Waals surface area (Å²) in [5.74, 6) is 0.806. The first-order chi connectivity index (χ1) is 9.35. The summed E-state index contributed by atoms with van der Waals surface area (Å²) in [4.78, 5) is 31.4. The SMILES string of the molecule is CC12N(CS)C(=O)N(CS)C1(C)N(CS)C(=O)N2CS. The summed E-state index contributed by atoms with van der Waals surface area (Å²) in [6.45, 7) is 3.70. The van der Waals surface area contributed by atoms with Crippen molar-refractivity contribution in [2.75, 3.05) is 23.5 Å². The molecule has 0 aromatic rings. The lowest BCUT2D eigenvalue weighted by molar-refractivity contribution is -0.0170. The molecule has 2 saturated heterocycles. The molecule has 6 nitrogen and oxygen atoms in total. The molecule has 0 spiro atoms. The van der Waals surface area contributed by atoms with Crippen molar-refractivity contribution in [3.8, 4) is 0 Å². The Hall–Kier alpha value is -0.0600. The van der Waals surface area contributed by atoms with E-state index in [4.69, 9.17) is 0 Å². The number of hydrogen-bond donors (Lipinski definition) is 4. The second-order valence-corrected chi connectivity index (χ2v) is 6.02. The molecule has 114 valence electrons. The van der Waals surface area contributed by atoms with E-state index in [0.29, 0.717) is 0 Å². The summed E-state index contributed by atoms with van der Waals surface area (Å²) < 4.78 is 0. The quantitative estimate of drug-likeness (QED) is 0.578. The first-order valence-electron chi connectivity index (χ1n) is 5.98. The monoisotopic (exact) mass is 354 g/mol. The van der Waals surface area contributed by atoms with Crippen LogP contribution in [0.15, 0.2) is 0 Å². The molecular weight excluding hydrogens is 336 g/mol. The highest BCUT2D eigenvalue weighted by Crippen LogP contribution is 2.51. The fourth-order valence-electron chi connectivity index (χ4n) is 3.14. The maximum atomic E-state index is 12.6. The van der Waals surface area contributed by atoms with E-state index in [9.17, 15) is 9.59 Å². The van der Waals surface area contributed by atoms with Gasteiger partial charge in [-0.25, -0.2) is 9.59 Å². The zero-order valence-electron chi connectivity index (χ0n) is 11.2. The summed E-state index contributed by atoms with van der Waals surface area (Å²) in [5, 5.41) is 0. The number of urea groups is 2. The number of thiol groups is 4. The van der Waals surface area contributed by atoms with Gasteiger partial charge >= 0.3 is 12.1 Å². The molecule has 0 aromatic carbocycles. The lowest BCUT2D eigenvalue weighted by atomic mass is 9.96. The molecule has 4 amide bonds. The van der Waals surface area contributed by atoms with Gasteiger partial charge in [0.1, 0.15) is 0 Å². The van der Waals surface area contributed by atoms with Crippen LogP contribution >= 0.6 is 50.5 Å². The van der Waals surface area contributed by atoms with Crippen molar-refractivity contribution in [1.29, 1.82) is 0 Å². The standard InChI is InChI=1S/C10H18N4O2S4/c1-9-10(2,13(5-19)7(15)11(9)3-17)14(6-20)8(16)12(9)4-18/h17-20H,3-6H2,1-2H3. The molecule has 0 saturated carbocycles. The average Bonchev–Trinajstić information content (AvgIpc) is 2.66. The van der Waals surface area contributed by atoms with E-state index in [1.807, 2.05) is 13.8 Å². The minimum absolute atomic E-state index is 0.202. The van der Waals surface area contributed by atoms with Gasteiger partial charge in [-0.3, -0.25) is 19.6 Å². The number of hydrogen-bond acceptors (Lipinski definition) is 6.